The highest BCUT2D eigenvalue weighted by Gasteiger charge is 2.13. The number of carbonyl (C=O) groups excluding carboxylic acids is 1. The van der Waals surface area contributed by atoms with Crippen molar-refractivity contribution in [2.24, 2.45) is 0 Å². The van der Waals surface area contributed by atoms with E-state index in [1.807, 2.05) is 66.5 Å². The first-order valence-corrected chi connectivity index (χ1v) is 9.84. The van der Waals surface area contributed by atoms with Crippen molar-refractivity contribution in [3.8, 4) is 11.3 Å². The van der Waals surface area contributed by atoms with Gasteiger partial charge in [-0.2, -0.15) is 5.10 Å². The van der Waals surface area contributed by atoms with E-state index in [1.54, 1.807) is 0 Å². The molecule has 0 aliphatic carbocycles. The lowest BCUT2D eigenvalue weighted by atomic mass is 10.0. The van der Waals surface area contributed by atoms with E-state index in [0.29, 0.717) is 12.1 Å². The summed E-state index contributed by atoms with van der Waals surface area (Å²) in [6.07, 6.45) is 4.67. The first kappa shape index (κ1) is 18.9. The summed E-state index contributed by atoms with van der Waals surface area (Å²) in [6.45, 7) is 5.45. The summed E-state index contributed by atoms with van der Waals surface area (Å²) in [5.41, 5.74) is 5.62. The highest BCUT2D eigenvalue weighted by atomic mass is 16.1. The molecule has 0 saturated carbocycles. The molecule has 0 unspecified atom stereocenters. The first-order valence-electron chi connectivity index (χ1n) is 9.84. The van der Waals surface area contributed by atoms with Crippen LogP contribution in [0, 0.1) is 13.8 Å². The monoisotopic (exact) mass is 384 g/mol. The van der Waals surface area contributed by atoms with Crippen molar-refractivity contribution in [1.82, 2.24) is 20.1 Å². The van der Waals surface area contributed by atoms with Crippen molar-refractivity contribution >= 4 is 16.8 Å². The zero-order valence-electron chi connectivity index (χ0n) is 16.7. The molecule has 2 aromatic carbocycles. The van der Waals surface area contributed by atoms with Gasteiger partial charge in [-0.1, -0.05) is 48.0 Å². The zero-order chi connectivity index (χ0) is 20.2. The highest BCUT2D eigenvalue weighted by Crippen LogP contribution is 2.25. The summed E-state index contributed by atoms with van der Waals surface area (Å²) in [7, 11) is 0. The quantitative estimate of drug-likeness (QED) is 0.497. The lowest BCUT2D eigenvalue weighted by Gasteiger charge is -2.11. The van der Waals surface area contributed by atoms with E-state index >= 15 is 0 Å². The number of nitrogens with one attached hydrogen (secondary N) is 1. The van der Waals surface area contributed by atoms with Crippen LogP contribution < -0.4 is 5.32 Å². The van der Waals surface area contributed by atoms with Gasteiger partial charge >= 0.3 is 0 Å². The smallest absolute Gasteiger partial charge is 0.252 e. The van der Waals surface area contributed by atoms with Gasteiger partial charge in [0.15, 0.2) is 0 Å². The van der Waals surface area contributed by atoms with Gasteiger partial charge in [0, 0.05) is 30.2 Å². The predicted octanol–water partition coefficient (Wildman–Crippen LogP) is 4.54. The average Bonchev–Trinajstić information content (AvgIpc) is 3.16. The SMILES string of the molecule is Cc1ccc(-c2cc(C(=O)NCCCn3cc(C)cn3)c3ccccc3n2)cc1. The van der Waals surface area contributed by atoms with E-state index in [2.05, 4.69) is 29.5 Å². The predicted molar refractivity (Wildman–Crippen MR) is 116 cm³/mol. The molecule has 0 saturated heterocycles. The van der Waals surface area contributed by atoms with E-state index in [9.17, 15) is 4.79 Å². The molecule has 29 heavy (non-hydrogen) atoms. The minimum absolute atomic E-state index is 0.0754. The van der Waals surface area contributed by atoms with Gasteiger partial charge in [0.1, 0.15) is 0 Å². The summed E-state index contributed by atoms with van der Waals surface area (Å²) in [5, 5.41) is 8.19. The van der Waals surface area contributed by atoms with Crippen LogP contribution in [-0.2, 0) is 6.54 Å². The van der Waals surface area contributed by atoms with Crippen molar-refractivity contribution < 1.29 is 4.79 Å². The molecule has 1 amide bonds. The summed E-state index contributed by atoms with van der Waals surface area (Å²) < 4.78 is 1.90. The Hall–Kier alpha value is -3.47. The number of para-hydroxylation sites is 1. The van der Waals surface area contributed by atoms with Crippen molar-refractivity contribution in [2.75, 3.05) is 6.54 Å². The minimum atomic E-state index is -0.0754. The Bertz CT molecular complexity index is 1150. The fourth-order valence-corrected chi connectivity index (χ4v) is 3.36. The number of aromatic nitrogens is 3. The highest BCUT2D eigenvalue weighted by molar-refractivity contribution is 6.07. The Balaban J connectivity index is 1.54. The molecule has 4 rings (SSSR count). The molecule has 0 bridgehead atoms. The molecule has 1 N–H and O–H groups in total. The molecule has 2 aromatic heterocycles. The lowest BCUT2D eigenvalue weighted by Crippen LogP contribution is -2.25. The normalized spacial score (nSPS) is 11.0. The fourth-order valence-electron chi connectivity index (χ4n) is 3.36. The van der Waals surface area contributed by atoms with Gasteiger partial charge in [-0.3, -0.25) is 9.48 Å². The van der Waals surface area contributed by atoms with Crippen LogP contribution in [0.15, 0.2) is 67.0 Å². The molecule has 5 heteroatoms. The number of benzene rings is 2. The van der Waals surface area contributed by atoms with Gasteiger partial charge in [-0.25, -0.2) is 4.98 Å². The van der Waals surface area contributed by atoms with E-state index in [0.717, 1.165) is 40.7 Å². The summed E-state index contributed by atoms with van der Waals surface area (Å²) in [6, 6.07) is 17.9. The van der Waals surface area contributed by atoms with Gasteiger partial charge in [0.05, 0.1) is 23.0 Å². The Labute approximate surface area is 170 Å². The van der Waals surface area contributed by atoms with Crippen LogP contribution in [0.25, 0.3) is 22.2 Å². The third-order valence-corrected chi connectivity index (χ3v) is 4.92. The largest absolute Gasteiger partial charge is 0.352 e. The zero-order valence-corrected chi connectivity index (χ0v) is 16.7. The topological polar surface area (TPSA) is 59.8 Å². The second-order valence-electron chi connectivity index (χ2n) is 7.33. The standard InChI is InChI=1S/C24H24N4O/c1-17-8-10-19(11-9-17)23-14-21(20-6-3-4-7-22(20)27-23)24(29)25-12-5-13-28-16-18(2)15-26-28/h3-4,6-11,14-16H,5,12-13H2,1-2H3,(H,25,29). The third kappa shape index (κ3) is 4.35. The van der Waals surface area contributed by atoms with E-state index < -0.39 is 0 Å². The number of pyridine rings is 1. The van der Waals surface area contributed by atoms with Gasteiger partial charge in [0.2, 0.25) is 0 Å². The molecule has 2 heterocycles. The molecular weight excluding hydrogens is 360 g/mol. The van der Waals surface area contributed by atoms with Crippen LogP contribution in [0.1, 0.15) is 27.9 Å². The summed E-state index contributed by atoms with van der Waals surface area (Å²) in [4.78, 5) is 17.7. The molecular formula is C24H24N4O. The molecule has 146 valence electrons. The van der Waals surface area contributed by atoms with Gasteiger partial charge in [-0.15, -0.1) is 0 Å². The number of nitrogens with zero attached hydrogens (tertiary/aromatic N) is 3. The minimum Gasteiger partial charge on any atom is -0.352 e. The van der Waals surface area contributed by atoms with Crippen molar-refractivity contribution in [3.63, 3.8) is 0 Å². The first-order chi connectivity index (χ1) is 14.1. The van der Waals surface area contributed by atoms with E-state index in [1.165, 1.54) is 5.56 Å². The van der Waals surface area contributed by atoms with Crippen molar-refractivity contribution in [2.45, 2.75) is 26.8 Å². The molecule has 0 aliphatic rings. The molecule has 4 aromatic rings. The summed E-state index contributed by atoms with van der Waals surface area (Å²) in [5.74, 6) is -0.0754. The Morgan fingerprint density at radius 1 is 1.03 bits per heavy atom. The molecule has 0 spiro atoms. The van der Waals surface area contributed by atoms with E-state index in [4.69, 9.17) is 4.98 Å². The number of carbonyl (C=O) groups is 1. The fraction of sp³-hybridized carbons (Fsp3) is 0.208. The average molecular weight is 384 g/mol. The molecule has 0 radical (unpaired) electrons. The second kappa shape index (κ2) is 8.27. The number of rotatable bonds is 6. The molecule has 0 fully saturated rings. The lowest BCUT2D eigenvalue weighted by molar-refractivity contribution is 0.0954. The maximum atomic E-state index is 13.0. The van der Waals surface area contributed by atoms with E-state index in [-0.39, 0.29) is 5.91 Å². The van der Waals surface area contributed by atoms with Crippen LogP contribution in [0.3, 0.4) is 0 Å². The van der Waals surface area contributed by atoms with Gasteiger partial charge in [0.25, 0.3) is 5.91 Å². The molecule has 0 atom stereocenters. The van der Waals surface area contributed by atoms with Crippen LogP contribution >= 0.6 is 0 Å². The van der Waals surface area contributed by atoms with Crippen molar-refractivity contribution in [1.29, 1.82) is 0 Å². The van der Waals surface area contributed by atoms with Crippen LogP contribution in [0.5, 0.6) is 0 Å². The Kier molecular flexibility index (Phi) is 5.38. The number of amides is 1. The number of hydrogen-bond donors (Lipinski definition) is 1. The molecule has 5 nitrogen and oxygen atoms in total. The number of fused-ring (bicyclic) bond motifs is 1. The van der Waals surface area contributed by atoms with Gasteiger partial charge in [-0.05, 0) is 38.0 Å². The maximum Gasteiger partial charge on any atom is 0.252 e. The summed E-state index contributed by atoms with van der Waals surface area (Å²) >= 11 is 0. The van der Waals surface area contributed by atoms with Crippen LogP contribution in [-0.4, -0.2) is 27.2 Å². The van der Waals surface area contributed by atoms with Gasteiger partial charge < -0.3 is 5.32 Å². The Morgan fingerprint density at radius 2 is 1.83 bits per heavy atom. The number of hydrogen-bond acceptors (Lipinski definition) is 3. The van der Waals surface area contributed by atoms with Crippen LogP contribution in [0.2, 0.25) is 0 Å². The number of aryl methyl sites for hydroxylation is 3. The second-order valence-corrected chi connectivity index (χ2v) is 7.33. The Morgan fingerprint density at radius 3 is 2.59 bits per heavy atom. The third-order valence-electron chi connectivity index (χ3n) is 4.92. The van der Waals surface area contributed by atoms with Crippen molar-refractivity contribution in [3.05, 3.63) is 83.7 Å². The molecule has 0 aliphatic heterocycles. The maximum absolute atomic E-state index is 13.0. The van der Waals surface area contributed by atoms with Crippen LogP contribution in [0.4, 0.5) is 0 Å².